The minimum Gasteiger partial charge on any atom is -0.465 e. The predicted molar refractivity (Wildman–Crippen MR) is 88.4 cm³/mol. The van der Waals surface area contributed by atoms with Crippen LogP contribution in [0.3, 0.4) is 0 Å². The Balaban J connectivity index is 2.16. The quantitative estimate of drug-likeness (QED) is 0.761. The highest BCUT2D eigenvalue weighted by Gasteiger charge is 2.35. The number of aromatic nitrogens is 1. The number of ether oxygens (including phenoxy) is 2. The molecule has 8 heteroatoms. The molecule has 1 aliphatic heterocycles. The Kier molecular flexibility index (Phi) is 5.49. The molecule has 0 aromatic carbocycles. The third kappa shape index (κ3) is 4.37. The molecular formula is C17H23FN2O5. The number of esters is 1. The molecule has 2 rings (SSSR count). The van der Waals surface area contributed by atoms with E-state index in [1.165, 1.54) is 34.9 Å². The number of likely N-dealkylation sites (tertiary alicyclic amines) is 1. The molecule has 0 N–H and O–H groups in total. The Bertz CT molecular complexity index is 710. The van der Waals surface area contributed by atoms with Crippen LogP contribution < -0.4 is 5.56 Å². The highest BCUT2D eigenvalue weighted by atomic mass is 19.1. The summed E-state index contributed by atoms with van der Waals surface area (Å²) in [5.74, 6) is -0.763. The Morgan fingerprint density at radius 1 is 1.32 bits per heavy atom. The Labute approximate surface area is 145 Å². The van der Waals surface area contributed by atoms with Gasteiger partial charge in [0.05, 0.1) is 19.7 Å². The lowest BCUT2D eigenvalue weighted by Crippen LogP contribution is -2.49. The molecule has 1 unspecified atom stereocenters. The van der Waals surface area contributed by atoms with Gasteiger partial charge in [-0.1, -0.05) is 0 Å². The molecule has 1 fully saturated rings. The standard InChI is InChI=1S/C17H23FN2O5/c1-17(2,3)25-16(23)19-9-7-13(12(18)10-19)20-8-5-6-11(14(20)21)15(22)24-4/h5-6,8,12-13H,7,9-10H2,1-4H3/t12-,13?/m1/s1. The summed E-state index contributed by atoms with van der Waals surface area (Å²) in [6.45, 7) is 5.30. The van der Waals surface area contributed by atoms with Crippen molar-refractivity contribution in [2.75, 3.05) is 20.2 Å². The lowest BCUT2D eigenvalue weighted by atomic mass is 10.0. The molecule has 0 saturated carbocycles. The van der Waals surface area contributed by atoms with Crippen LogP contribution in [0.25, 0.3) is 0 Å². The number of halogens is 1. The number of hydrogen-bond acceptors (Lipinski definition) is 5. The van der Waals surface area contributed by atoms with Crippen molar-refractivity contribution >= 4 is 12.1 Å². The van der Waals surface area contributed by atoms with Gasteiger partial charge in [-0.3, -0.25) is 4.79 Å². The van der Waals surface area contributed by atoms with Gasteiger partial charge in [-0.15, -0.1) is 0 Å². The Morgan fingerprint density at radius 2 is 2.00 bits per heavy atom. The molecule has 1 amide bonds. The van der Waals surface area contributed by atoms with E-state index < -0.39 is 35.4 Å². The molecule has 2 heterocycles. The van der Waals surface area contributed by atoms with E-state index in [2.05, 4.69) is 4.74 Å². The third-order valence-corrected chi connectivity index (χ3v) is 3.90. The largest absolute Gasteiger partial charge is 0.465 e. The SMILES string of the molecule is COC(=O)c1cccn(C2CCN(C(=O)OC(C)(C)C)C[C@H]2F)c1=O. The van der Waals surface area contributed by atoms with E-state index in [-0.39, 0.29) is 25.1 Å². The zero-order chi connectivity index (χ0) is 18.8. The van der Waals surface area contributed by atoms with Crippen LogP contribution in [-0.2, 0) is 9.47 Å². The summed E-state index contributed by atoms with van der Waals surface area (Å²) in [5.41, 5.74) is -1.41. The van der Waals surface area contributed by atoms with Crippen LogP contribution in [0.15, 0.2) is 23.1 Å². The fourth-order valence-corrected chi connectivity index (χ4v) is 2.73. The van der Waals surface area contributed by atoms with Crippen molar-refractivity contribution in [1.29, 1.82) is 0 Å². The normalized spacial score (nSPS) is 20.9. The maximum atomic E-state index is 14.6. The molecule has 0 spiro atoms. The highest BCUT2D eigenvalue weighted by Crippen LogP contribution is 2.25. The van der Waals surface area contributed by atoms with Gasteiger partial charge in [-0.25, -0.2) is 14.0 Å². The molecular weight excluding hydrogens is 331 g/mol. The number of rotatable bonds is 2. The number of alkyl halides is 1. The van der Waals surface area contributed by atoms with Gasteiger partial charge < -0.3 is 18.9 Å². The summed E-state index contributed by atoms with van der Waals surface area (Å²) < 4.78 is 25.7. The van der Waals surface area contributed by atoms with Crippen molar-refractivity contribution in [2.24, 2.45) is 0 Å². The molecule has 0 bridgehead atoms. The van der Waals surface area contributed by atoms with Crippen molar-refractivity contribution in [3.05, 3.63) is 34.2 Å². The van der Waals surface area contributed by atoms with Crippen LogP contribution >= 0.6 is 0 Å². The number of nitrogens with zero attached hydrogens (tertiary/aromatic N) is 2. The van der Waals surface area contributed by atoms with Crippen molar-refractivity contribution in [3.63, 3.8) is 0 Å². The molecule has 138 valence electrons. The molecule has 7 nitrogen and oxygen atoms in total. The predicted octanol–water partition coefficient (Wildman–Crippen LogP) is 2.15. The van der Waals surface area contributed by atoms with Crippen molar-refractivity contribution in [1.82, 2.24) is 9.47 Å². The summed E-state index contributed by atoms with van der Waals surface area (Å²) in [6, 6.07) is 2.09. The third-order valence-electron chi connectivity index (χ3n) is 3.90. The molecule has 0 aliphatic carbocycles. The summed E-state index contributed by atoms with van der Waals surface area (Å²) in [6.07, 6.45) is -0.351. The lowest BCUT2D eigenvalue weighted by Gasteiger charge is -2.36. The summed E-state index contributed by atoms with van der Waals surface area (Å²) in [7, 11) is 1.18. The van der Waals surface area contributed by atoms with Crippen molar-refractivity contribution < 1.29 is 23.5 Å². The topological polar surface area (TPSA) is 77.8 Å². The van der Waals surface area contributed by atoms with E-state index in [0.29, 0.717) is 0 Å². The second-order valence-corrected chi connectivity index (χ2v) is 6.92. The fourth-order valence-electron chi connectivity index (χ4n) is 2.73. The number of pyridine rings is 1. The monoisotopic (exact) mass is 354 g/mol. The Morgan fingerprint density at radius 3 is 2.56 bits per heavy atom. The van der Waals surface area contributed by atoms with Crippen LogP contribution in [0.2, 0.25) is 0 Å². The second kappa shape index (κ2) is 7.25. The lowest BCUT2D eigenvalue weighted by molar-refractivity contribution is 0.00647. The zero-order valence-corrected chi connectivity index (χ0v) is 14.8. The minimum atomic E-state index is -1.45. The van der Waals surface area contributed by atoms with Crippen LogP contribution in [0.5, 0.6) is 0 Å². The van der Waals surface area contributed by atoms with Gasteiger partial charge in [0.15, 0.2) is 0 Å². The van der Waals surface area contributed by atoms with Crippen LogP contribution in [-0.4, -0.2) is 53.5 Å². The minimum absolute atomic E-state index is 0.147. The summed E-state index contributed by atoms with van der Waals surface area (Å²) in [5, 5.41) is 0. The molecule has 25 heavy (non-hydrogen) atoms. The van der Waals surface area contributed by atoms with Crippen LogP contribution in [0.4, 0.5) is 9.18 Å². The highest BCUT2D eigenvalue weighted by molar-refractivity contribution is 5.88. The van der Waals surface area contributed by atoms with E-state index in [1.807, 2.05) is 0 Å². The molecule has 2 atom stereocenters. The number of piperidine rings is 1. The number of carbonyl (C=O) groups excluding carboxylic acids is 2. The number of carbonyl (C=O) groups is 2. The average Bonchev–Trinajstić information content (AvgIpc) is 2.53. The molecule has 1 aliphatic rings. The smallest absolute Gasteiger partial charge is 0.410 e. The van der Waals surface area contributed by atoms with E-state index in [4.69, 9.17) is 4.74 Å². The maximum Gasteiger partial charge on any atom is 0.410 e. The van der Waals surface area contributed by atoms with Gasteiger partial charge in [0.2, 0.25) is 0 Å². The van der Waals surface area contributed by atoms with E-state index in [9.17, 15) is 18.8 Å². The number of methoxy groups -OCH3 is 1. The zero-order valence-electron chi connectivity index (χ0n) is 14.8. The van der Waals surface area contributed by atoms with Gasteiger partial charge in [-0.05, 0) is 39.3 Å². The van der Waals surface area contributed by atoms with E-state index in [1.54, 1.807) is 20.8 Å². The maximum absolute atomic E-state index is 14.6. The van der Waals surface area contributed by atoms with Gasteiger partial charge in [0.1, 0.15) is 17.3 Å². The molecule has 1 aromatic heterocycles. The first-order valence-electron chi connectivity index (χ1n) is 8.05. The van der Waals surface area contributed by atoms with Gasteiger partial charge in [0.25, 0.3) is 5.56 Å². The summed E-state index contributed by atoms with van der Waals surface area (Å²) >= 11 is 0. The van der Waals surface area contributed by atoms with Crippen LogP contribution in [0.1, 0.15) is 43.6 Å². The second-order valence-electron chi connectivity index (χ2n) is 6.92. The molecule has 1 aromatic rings. The fraction of sp³-hybridized carbons (Fsp3) is 0.588. The van der Waals surface area contributed by atoms with Crippen molar-refractivity contribution in [2.45, 2.75) is 45.0 Å². The van der Waals surface area contributed by atoms with Gasteiger partial charge in [0, 0.05) is 12.7 Å². The first-order chi connectivity index (χ1) is 11.6. The number of amides is 1. The number of hydrogen-bond donors (Lipinski definition) is 0. The van der Waals surface area contributed by atoms with E-state index in [0.717, 1.165) is 0 Å². The van der Waals surface area contributed by atoms with Gasteiger partial charge in [-0.2, -0.15) is 0 Å². The average molecular weight is 354 g/mol. The molecule has 1 saturated heterocycles. The first kappa shape index (κ1) is 19.0. The summed E-state index contributed by atoms with van der Waals surface area (Å²) in [4.78, 5) is 37.4. The van der Waals surface area contributed by atoms with Gasteiger partial charge >= 0.3 is 12.1 Å². The van der Waals surface area contributed by atoms with E-state index >= 15 is 0 Å². The molecule has 0 radical (unpaired) electrons. The Hall–Kier alpha value is -2.38. The first-order valence-corrected chi connectivity index (χ1v) is 8.05. The van der Waals surface area contributed by atoms with Crippen LogP contribution in [0, 0.1) is 0 Å². The van der Waals surface area contributed by atoms with Crippen molar-refractivity contribution in [3.8, 4) is 0 Å².